The number of phenols is 1. The minimum absolute atomic E-state index is 0.171. The van der Waals surface area contributed by atoms with E-state index < -0.39 is 0 Å². The molecule has 0 saturated heterocycles. The van der Waals surface area contributed by atoms with E-state index in [1.807, 2.05) is 6.07 Å². The number of hydrogen-bond donors (Lipinski definition) is 2. The lowest BCUT2D eigenvalue weighted by atomic mass is 10.2. The molecular weight excluding hydrogens is 284 g/mol. The molecule has 0 bridgehead atoms. The normalized spacial score (nSPS) is 11.4. The molecule has 0 aliphatic carbocycles. The fourth-order valence-corrected chi connectivity index (χ4v) is 2.57. The van der Waals surface area contributed by atoms with E-state index in [0.717, 1.165) is 4.90 Å². The average molecular weight is 298 g/mol. The van der Waals surface area contributed by atoms with Gasteiger partial charge in [0, 0.05) is 4.90 Å². The highest BCUT2D eigenvalue weighted by atomic mass is 32.2. The largest absolute Gasteiger partial charge is 0.508 e. The topological polar surface area (TPSA) is 73.1 Å². The summed E-state index contributed by atoms with van der Waals surface area (Å²) in [6.45, 7) is 1.79. The van der Waals surface area contributed by atoms with Crippen molar-refractivity contribution in [2.45, 2.75) is 17.1 Å². The van der Waals surface area contributed by atoms with Crippen molar-refractivity contribution in [1.29, 1.82) is 5.26 Å². The summed E-state index contributed by atoms with van der Waals surface area (Å²) in [6.07, 6.45) is 0. The first-order valence-electron chi connectivity index (χ1n) is 6.36. The Bertz CT molecular complexity index is 677. The van der Waals surface area contributed by atoms with Crippen LogP contribution in [0.15, 0.2) is 53.4 Å². The van der Waals surface area contributed by atoms with Gasteiger partial charge in [-0.15, -0.1) is 11.8 Å². The number of aromatic hydroxyl groups is 1. The molecule has 2 aromatic carbocycles. The molecule has 0 spiro atoms. The van der Waals surface area contributed by atoms with Crippen molar-refractivity contribution < 1.29 is 9.90 Å². The van der Waals surface area contributed by atoms with Crippen LogP contribution < -0.4 is 5.32 Å². The van der Waals surface area contributed by atoms with E-state index >= 15 is 0 Å². The molecule has 2 rings (SSSR count). The second-order valence-electron chi connectivity index (χ2n) is 4.40. The number of para-hydroxylation sites is 1. The molecule has 106 valence electrons. The molecule has 0 fully saturated rings. The van der Waals surface area contributed by atoms with Gasteiger partial charge >= 0.3 is 0 Å². The molecule has 4 nitrogen and oxygen atoms in total. The predicted octanol–water partition coefficient (Wildman–Crippen LogP) is 3.38. The first-order chi connectivity index (χ1) is 10.1. The number of nitrogens with one attached hydrogen (secondary N) is 1. The Morgan fingerprint density at radius 2 is 1.90 bits per heavy atom. The number of carbonyl (C=O) groups is 1. The standard InChI is InChI=1S/C16H14N2O2S/c1-11(21-14-8-6-13(19)7-9-14)16(20)18-15-5-3-2-4-12(15)10-17/h2-9,11,19H,1H3,(H,18,20). The van der Waals surface area contributed by atoms with Crippen LogP contribution in [0, 0.1) is 11.3 Å². The number of nitriles is 1. The van der Waals surface area contributed by atoms with Gasteiger partial charge in [0.2, 0.25) is 5.91 Å². The highest BCUT2D eigenvalue weighted by Crippen LogP contribution is 2.26. The molecule has 0 saturated carbocycles. The quantitative estimate of drug-likeness (QED) is 0.849. The van der Waals surface area contributed by atoms with Gasteiger partial charge in [0.25, 0.3) is 0 Å². The highest BCUT2D eigenvalue weighted by molar-refractivity contribution is 8.00. The molecule has 1 atom stereocenters. The van der Waals surface area contributed by atoms with E-state index in [0.29, 0.717) is 11.3 Å². The molecule has 0 radical (unpaired) electrons. The maximum atomic E-state index is 12.2. The van der Waals surface area contributed by atoms with Gasteiger partial charge in [-0.05, 0) is 43.3 Å². The minimum Gasteiger partial charge on any atom is -0.508 e. The molecule has 2 aromatic rings. The van der Waals surface area contributed by atoms with E-state index in [4.69, 9.17) is 5.26 Å². The number of carbonyl (C=O) groups excluding carboxylic acids is 1. The number of rotatable bonds is 4. The SMILES string of the molecule is CC(Sc1ccc(O)cc1)C(=O)Nc1ccccc1C#N. The summed E-state index contributed by atoms with van der Waals surface area (Å²) in [5, 5.41) is 20.7. The Morgan fingerprint density at radius 3 is 2.57 bits per heavy atom. The molecule has 0 heterocycles. The maximum Gasteiger partial charge on any atom is 0.237 e. The van der Waals surface area contributed by atoms with Crippen LogP contribution in [-0.4, -0.2) is 16.3 Å². The molecule has 0 aliphatic heterocycles. The maximum absolute atomic E-state index is 12.2. The second-order valence-corrected chi connectivity index (χ2v) is 5.81. The van der Waals surface area contributed by atoms with Crippen molar-refractivity contribution in [3.63, 3.8) is 0 Å². The van der Waals surface area contributed by atoms with Crippen LogP contribution in [0.2, 0.25) is 0 Å². The summed E-state index contributed by atoms with van der Waals surface area (Å²) in [6, 6.07) is 15.6. The lowest BCUT2D eigenvalue weighted by Crippen LogP contribution is -2.22. The summed E-state index contributed by atoms with van der Waals surface area (Å²) >= 11 is 1.39. The number of nitrogens with zero attached hydrogens (tertiary/aromatic N) is 1. The van der Waals surface area contributed by atoms with Gasteiger partial charge in [-0.1, -0.05) is 12.1 Å². The van der Waals surface area contributed by atoms with Gasteiger partial charge in [-0.25, -0.2) is 0 Å². The van der Waals surface area contributed by atoms with E-state index in [1.54, 1.807) is 55.5 Å². The highest BCUT2D eigenvalue weighted by Gasteiger charge is 2.15. The predicted molar refractivity (Wildman–Crippen MR) is 83.2 cm³/mol. The zero-order valence-electron chi connectivity index (χ0n) is 11.4. The smallest absolute Gasteiger partial charge is 0.237 e. The molecular formula is C16H14N2O2S. The fourth-order valence-electron chi connectivity index (χ4n) is 1.71. The van der Waals surface area contributed by atoms with Gasteiger partial charge in [0.05, 0.1) is 16.5 Å². The van der Waals surface area contributed by atoms with E-state index in [1.165, 1.54) is 11.8 Å². The summed E-state index contributed by atoms with van der Waals surface area (Å²) < 4.78 is 0. The zero-order valence-corrected chi connectivity index (χ0v) is 12.2. The van der Waals surface area contributed by atoms with Crippen LogP contribution in [0.4, 0.5) is 5.69 Å². The minimum atomic E-state index is -0.318. The molecule has 2 N–H and O–H groups in total. The average Bonchev–Trinajstić information content (AvgIpc) is 2.50. The van der Waals surface area contributed by atoms with Gasteiger partial charge in [0.1, 0.15) is 11.8 Å². The Balaban J connectivity index is 2.03. The van der Waals surface area contributed by atoms with E-state index in [2.05, 4.69) is 5.32 Å². The Kier molecular flexibility index (Phi) is 4.85. The third-order valence-electron chi connectivity index (χ3n) is 2.82. The summed E-state index contributed by atoms with van der Waals surface area (Å²) in [5.41, 5.74) is 0.954. The molecule has 0 aromatic heterocycles. The number of thioether (sulfide) groups is 1. The van der Waals surface area contributed by atoms with Crippen LogP contribution >= 0.6 is 11.8 Å². The molecule has 1 amide bonds. The second kappa shape index (κ2) is 6.82. The zero-order chi connectivity index (χ0) is 15.2. The van der Waals surface area contributed by atoms with Crippen LogP contribution in [0.3, 0.4) is 0 Å². The van der Waals surface area contributed by atoms with Crippen molar-refractivity contribution in [3.8, 4) is 11.8 Å². The molecule has 0 aliphatic rings. The van der Waals surface area contributed by atoms with Gasteiger partial charge in [0.15, 0.2) is 0 Å². The third-order valence-corrected chi connectivity index (χ3v) is 3.94. The lowest BCUT2D eigenvalue weighted by molar-refractivity contribution is -0.115. The summed E-state index contributed by atoms with van der Waals surface area (Å²) in [7, 11) is 0. The van der Waals surface area contributed by atoms with Crippen LogP contribution in [-0.2, 0) is 4.79 Å². The van der Waals surface area contributed by atoms with E-state index in [9.17, 15) is 9.90 Å². The lowest BCUT2D eigenvalue weighted by Gasteiger charge is -2.12. The van der Waals surface area contributed by atoms with Crippen molar-refractivity contribution in [3.05, 3.63) is 54.1 Å². The van der Waals surface area contributed by atoms with Gasteiger partial charge < -0.3 is 10.4 Å². The van der Waals surface area contributed by atoms with Crippen molar-refractivity contribution in [2.75, 3.05) is 5.32 Å². The Labute approximate surface area is 127 Å². The first-order valence-corrected chi connectivity index (χ1v) is 7.24. The molecule has 1 unspecified atom stereocenters. The van der Waals surface area contributed by atoms with Crippen molar-refractivity contribution in [2.24, 2.45) is 0 Å². The monoisotopic (exact) mass is 298 g/mol. The summed E-state index contributed by atoms with van der Waals surface area (Å²) in [4.78, 5) is 13.1. The van der Waals surface area contributed by atoms with Crippen LogP contribution in [0.1, 0.15) is 12.5 Å². The fraction of sp³-hybridized carbons (Fsp3) is 0.125. The first kappa shape index (κ1) is 14.9. The molecule has 21 heavy (non-hydrogen) atoms. The summed E-state index contributed by atoms with van der Waals surface area (Å²) in [5.74, 6) is 0.0233. The number of hydrogen-bond acceptors (Lipinski definition) is 4. The van der Waals surface area contributed by atoms with E-state index in [-0.39, 0.29) is 16.9 Å². The van der Waals surface area contributed by atoms with Gasteiger partial charge in [-0.2, -0.15) is 5.26 Å². The number of anilines is 1. The number of benzene rings is 2. The van der Waals surface area contributed by atoms with Crippen molar-refractivity contribution in [1.82, 2.24) is 0 Å². The number of amides is 1. The van der Waals surface area contributed by atoms with Crippen LogP contribution in [0.5, 0.6) is 5.75 Å². The number of phenolic OH excluding ortho intramolecular Hbond substituents is 1. The van der Waals surface area contributed by atoms with Crippen molar-refractivity contribution >= 4 is 23.4 Å². The molecule has 5 heteroatoms. The van der Waals surface area contributed by atoms with Gasteiger partial charge in [-0.3, -0.25) is 4.79 Å². The Hall–Kier alpha value is -2.45. The van der Waals surface area contributed by atoms with Crippen LogP contribution in [0.25, 0.3) is 0 Å². The Morgan fingerprint density at radius 1 is 1.24 bits per heavy atom. The third kappa shape index (κ3) is 4.01.